The molecule has 0 saturated heterocycles. The van der Waals surface area contributed by atoms with Crippen LogP contribution < -0.4 is 21.7 Å². The maximum Gasteiger partial charge on any atom is 0.326 e. The molecule has 0 saturated carbocycles. The number of phenolic OH excluding ortho intramolecular Hbond substituents is 1. The number of aliphatic carboxylic acids is 2. The van der Waals surface area contributed by atoms with E-state index in [9.17, 15) is 34.2 Å². The van der Waals surface area contributed by atoms with Crippen molar-refractivity contribution in [3.63, 3.8) is 0 Å². The molecule has 1 aromatic rings. The van der Waals surface area contributed by atoms with Crippen LogP contribution in [0.25, 0.3) is 0 Å². The first-order valence-electron chi connectivity index (χ1n) is 9.94. The van der Waals surface area contributed by atoms with E-state index in [0.29, 0.717) is 5.56 Å². The molecule has 0 spiro atoms. The van der Waals surface area contributed by atoms with Gasteiger partial charge in [0.15, 0.2) is 0 Å². The molecule has 4 atom stereocenters. The topological polar surface area (TPSA) is 228 Å². The number of benzene rings is 1. The lowest BCUT2D eigenvalue weighted by atomic mass is 10.1. The minimum absolute atomic E-state index is 0.0449. The largest absolute Gasteiger partial charge is 0.508 e. The summed E-state index contributed by atoms with van der Waals surface area (Å²) in [6.07, 6.45) is -0.746. The number of carbonyl (C=O) groups is 5. The summed E-state index contributed by atoms with van der Waals surface area (Å²) in [6.45, 7) is 0.449. The van der Waals surface area contributed by atoms with Crippen molar-refractivity contribution in [1.82, 2.24) is 16.0 Å². The highest BCUT2D eigenvalue weighted by Crippen LogP contribution is 2.11. The number of aliphatic hydroxyl groups is 1. The zero-order chi connectivity index (χ0) is 25.1. The lowest BCUT2D eigenvalue weighted by Crippen LogP contribution is -2.57. The number of phenols is 1. The van der Waals surface area contributed by atoms with Crippen molar-refractivity contribution in [2.45, 2.75) is 50.4 Å². The van der Waals surface area contributed by atoms with Gasteiger partial charge in [0.2, 0.25) is 17.7 Å². The lowest BCUT2D eigenvalue weighted by Gasteiger charge is -2.22. The first-order valence-corrected chi connectivity index (χ1v) is 9.94. The summed E-state index contributed by atoms with van der Waals surface area (Å²) >= 11 is 0. The predicted molar refractivity (Wildman–Crippen MR) is 113 cm³/mol. The monoisotopic (exact) mass is 468 g/mol. The molecular weight excluding hydrogens is 440 g/mol. The first kappa shape index (κ1) is 27.3. The quantitative estimate of drug-likeness (QED) is 0.154. The number of carboxylic acid groups (broad SMARTS) is 2. The Morgan fingerprint density at radius 2 is 1.48 bits per heavy atom. The van der Waals surface area contributed by atoms with Crippen LogP contribution in [0.1, 0.15) is 25.3 Å². The van der Waals surface area contributed by atoms with Crippen LogP contribution in [0.2, 0.25) is 0 Å². The Labute approximate surface area is 189 Å². The standard InChI is InChI=1S/C20H28N4O9/c1-10(17(29)23-14(20(32)33)6-7-16(27)28)22-19(31)15(9-25)24-18(30)13(21)8-11-2-4-12(26)5-3-11/h2-5,10,13-15,25-26H,6-9,21H2,1H3,(H,22,31)(H,23,29)(H,24,30)(H,27,28)(H,32,33). The molecule has 0 fully saturated rings. The van der Waals surface area contributed by atoms with E-state index in [2.05, 4.69) is 16.0 Å². The molecule has 4 unspecified atom stereocenters. The SMILES string of the molecule is CC(NC(=O)C(CO)NC(=O)C(N)Cc1ccc(O)cc1)C(=O)NC(CCC(=O)O)C(=O)O. The van der Waals surface area contributed by atoms with Crippen molar-refractivity contribution in [3.8, 4) is 5.75 Å². The number of aliphatic hydroxyl groups excluding tert-OH is 1. The van der Waals surface area contributed by atoms with Crippen LogP contribution in [-0.2, 0) is 30.4 Å². The lowest BCUT2D eigenvalue weighted by molar-refractivity contribution is -0.143. The Kier molecular flexibility index (Phi) is 10.7. The second-order valence-corrected chi connectivity index (χ2v) is 7.28. The Hall–Kier alpha value is -3.71. The van der Waals surface area contributed by atoms with Crippen LogP contribution in [0.3, 0.4) is 0 Å². The van der Waals surface area contributed by atoms with Gasteiger partial charge in [0, 0.05) is 6.42 Å². The van der Waals surface area contributed by atoms with Gasteiger partial charge in [0.05, 0.1) is 12.6 Å². The van der Waals surface area contributed by atoms with Gasteiger partial charge in [0.1, 0.15) is 23.9 Å². The number of carbonyl (C=O) groups excluding carboxylic acids is 3. The number of carboxylic acids is 2. The number of amides is 3. The van der Waals surface area contributed by atoms with E-state index in [0.717, 1.165) is 0 Å². The smallest absolute Gasteiger partial charge is 0.326 e. The second kappa shape index (κ2) is 13.0. The minimum Gasteiger partial charge on any atom is -0.508 e. The fourth-order valence-electron chi connectivity index (χ4n) is 2.65. The Morgan fingerprint density at radius 1 is 0.909 bits per heavy atom. The fraction of sp³-hybridized carbons (Fsp3) is 0.450. The zero-order valence-electron chi connectivity index (χ0n) is 17.9. The summed E-state index contributed by atoms with van der Waals surface area (Å²) in [5.74, 6) is -5.18. The van der Waals surface area contributed by atoms with E-state index in [1.165, 1.54) is 19.1 Å². The third-order valence-corrected chi connectivity index (χ3v) is 4.56. The third kappa shape index (κ3) is 9.53. The van der Waals surface area contributed by atoms with Crippen LogP contribution in [0.15, 0.2) is 24.3 Å². The van der Waals surface area contributed by atoms with E-state index in [4.69, 9.17) is 15.9 Å². The summed E-state index contributed by atoms with van der Waals surface area (Å²) < 4.78 is 0. The molecule has 1 rings (SSSR count). The van der Waals surface area contributed by atoms with Gasteiger partial charge in [-0.25, -0.2) is 4.79 Å². The molecule has 13 heteroatoms. The number of nitrogens with two attached hydrogens (primary N) is 1. The highest BCUT2D eigenvalue weighted by molar-refractivity contribution is 5.94. The Bertz CT molecular complexity index is 860. The van der Waals surface area contributed by atoms with Gasteiger partial charge in [0.25, 0.3) is 0 Å². The van der Waals surface area contributed by atoms with Gasteiger partial charge < -0.3 is 42.1 Å². The van der Waals surface area contributed by atoms with Gasteiger partial charge in [-0.05, 0) is 37.5 Å². The first-order chi connectivity index (χ1) is 15.4. The van der Waals surface area contributed by atoms with Crippen molar-refractivity contribution in [3.05, 3.63) is 29.8 Å². The average Bonchev–Trinajstić information content (AvgIpc) is 2.75. The fourth-order valence-corrected chi connectivity index (χ4v) is 2.65. The van der Waals surface area contributed by atoms with Crippen LogP contribution in [0.5, 0.6) is 5.75 Å². The Morgan fingerprint density at radius 3 is 2.00 bits per heavy atom. The molecule has 0 aliphatic rings. The van der Waals surface area contributed by atoms with Crippen LogP contribution in [0, 0.1) is 0 Å². The van der Waals surface area contributed by atoms with Crippen molar-refractivity contribution in [1.29, 1.82) is 0 Å². The number of rotatable bonds is 13. The summed E-state index contributed by atoms with van der Waals surface area (Å²) in [7, 11) is 0. The summed E-state index contributed by atoms with van der Waals surface area (Å²) in [5, 5.41) is 43.1. The van der Waals surface area contributed by atoms with Crippen molar-refractivity contribution >= 4 is 29.7 Å². The van der Waals surface area contributed by atoms with E-state index >= 15 is 0 Å². The van der Waals surface area contributed by atoms with E-state index in [1.807, 2.05) is 0 Å². The van der Waals surface area contributed by atoms with Crippen molar-refractivity contribution in [2.24, 2.45) is 5.73 Å². The third-order valence-electron chi connectivity index (χ3n) is 4.56. The van der Waals surface area contributed by atoms with E-state index in [-0.39, 0.29) is 18.6 Å². The molecule has 0 aliphatic carbocycles. The van der Waals surface area contributed by atoms with Gasteiger partial charge in [-0.3, -0.25) is 19.2 Å². The molecule has 1 aromatic carbocycles. The molecule has 13 nitrogen and oxygen atoms in total. The molecule has 182 valence electrons. The molecule has 0 radical (unpaired) electrons. The number of nitrogens with one attached hydrogen (secondary N) is 3. The van der Waals surface area contributed by atoms with Gasteiger partial charge in [-0.1, -0.05) is 12.1 Å². The van der Waals surface area contributed by atoms with E-state index in [1.54, 1.807) is 12.1 Å². The predicted octanol–water partition coefficient (Wildman–Crippen LogP) is -2.32. The number of aromatic hydroxyl groups is 1. The van der Waals surface area contributed by atoms with Crippen molar-refractivity contribution in [2.75, 3.05) is 6.61 Å². The molecule has 3 amide bonds. The Balaban J connectivity index is 2.63. The summed E-state index contributed by atoms with van der Waals surface area (Å²) in [5.41, 5.74) is 6.48. The number of hydrogen-bond donors (Lipinski definition) is 8. The van der Waals surface area contributed by atoms with Gasteiger partial charge in [-0.2, -0.15) is 0 Å². The van der Waals surface area contributed by atoms with Gasteiger partial charge >= 0.3 is 11.9 Å². The normalized spacial score (nSPS) is 14.3. The van der Waals surface area contributed by atoms with E-state index < -0.39 is 66.9 Å². The van der Waals surface area contributed by atoms with Crippen molar-refractivity contribution < 1.29 is 44.4 Å². The highest BCUT2D eigenvalue weighted by atomic mass is 16.4. The molecule has 0 aromatic heterocycles. The summed E-state index contributed by atoms with van der Waals surface area (Å²) in [6, 6.07) is 0.767. The zero-order valence-corrected chi connectivity index (χ0v) is 17.9. The van der Waals surface area contributed by atoms with Gasteiger partial charge in [-0.15, -0.1) is 0 Å². The maximum atomic E-state index is 12.3. The van der Waals surface area contributed by atoms with Crippen LogP contribution in [-0.4, -0.2) is 80.9 Å². The maximum absolute atomic E-state index is 12.3. The second-order valence-electron chi connectivity index (χ2n) is 7.28. The molecule has 0 aliphatic heterocycles. The minimum atomic E-state index is -1.47. The molecular formula is C20H28N4O9. The molecule has 0 bridgehead atoms. The van der Waals surface area contributed by atoms with Crippen LogP contribution >= 0.6 is 0 Å². The molecule has 9 N–H and O–H groups in total. The highest BCUT2D eigenvalue weighted by Gasteiger charge is 2.28. The molecule has 0 heterocycles. The average molecular weight is 468 g/mol. The molecule has 33 heavy (non-hydrogen) atoms. The summed E-state index contributed by atoms with van der Waals surface area (Å²) in [4.78, 5) is 58.6. The number of hydrogen-bond acceptors (Lipinski definition) is 8. The van der Waals surface area contributed by atoms with Crippen LogP contribution in [0.4, 0.5) is 0 Å².